The van der Waals surface area contributed by atoms with Crippen molar-refractivity contribution < 1.29 is 19.0 Å². The van der Waals surface area contributed by atoms with Crippen LogP contribution in [-0.4, -0.2) is 42.9 Å². The summed E-state index contributed by atoms with van der Waals surface area (Å²) in [5.41, 5.74) is 0.245. The van der Waals surface area contributed by atoms with Crippen LogP contribution in [0.15, 0.2) is 6.07 Å². The first kappa shape index (κ1) is 19.0. The second-order valence-corrected chi connectivity index (χ2v) is 9.53. The fourth-order valence-corrected chi connectivity index (χ4v) is 5.16. The van der Waals surface area contributed by atoms with Crippen molar-refractivity contribution in [2.75, 3.05) is 20.3 Å². The maximum atomic E-state index is 12.5. The quantitative estimate of drug-likeness (QED) is 0.698. The van der Waals surface area contributed by atoms with Crippen LogP contribution in [0.25, 0.3) is 0 Å². The lowest BCUT2D eigenvalue weighted by Crippen LogP contribution is -2.53. The number of amides is 1. The van der Waals surface area contributed by atoms with Crippen LogP contribution in [0.4, 0.5) is 4.79 Å². The summed E-state index contributed by atoms with van der Waals surface area (Å²) in [6, 6.07) is 2.02. The van der Waals surface area contributed by atoms with Crippen LogP contribution in [-0.2, 0) is 19.8 Å². The Bertz CT molecular complexity index is 656. The Morgan fingerprint density at radius 3 is 2.80 bits per heavy atom. The van der Waals surface area contributed by atoms with Crippen LogP contribution >= 0.6 is 22.9 Å². The largest absolute Gasteiger partial charge is 0.444 e. The number of carbonyl (C=O) groups is 1. The molecule has 5 nitrogen and oxygen atoms in total. The van der Waals surface area contributed by atoms with E-state index in [4.69, 9.17) is 25.8 Å². The molecule has 140 valence electrons. The van der Waals surface area contributed by atoms with E-state index in [-0.39, 0.29) is 23.8 Å². The van der Waals surface area contributed by atoms with Crippen LogP contribution in [0.1, 0.15) is 57.1 Å². The van der Waals surface area contributed by atoms with Crippen molar-refractivity contribution in [3.05, 3.63) is 20.8 Å². The summed E-state index contributed by atoms with van der Waals surface area (Å²) in [5.74, 6) is 0. The summed E-state index contributed by atoms with van der Waals surface area (Å²) >= 11 is 7.85. The van der Waals surface area contributed by atoms with E-state index in [1.54, 1.807) is 23.3 Å². The highest BCUT2D eigenvalue weighted by Crippen LogP contribution is 2.50. The molecular formula is C18H26ClNO4S. The predicted octanol–water partition coefficient (Wildman–Crippen LogP) is 4.73. The third-order valence-corrected chi connectivity index (χ3v) is 6.29. The number of halogens is 1. The molecule has 1 unspecified atom stereocenters. The number of methoxy groups -OCH3 is 1. The molecule has 0 bridgehead atoms. The fraction of sp³-hybridized carbons (Fsp3) is 0.722. The summed E-state index contributed by atoms with van der Waals surface area (Å²) < 4.78 is 18.1. The van der Waals surface area contributed by atoms with E-state index >= 15 is 0 Å². The third-order valence-electron chi connectivity index (χ3n) is 4.83. The van der Waals surface area contributed by atoms with E-state index < -0.39 is 5.60 Å². The maximum Gasteiger partial charge on any atom is 0.410 e. The van der Waals surface area contributed by atoms with Gasteiger partial charge in [-0.15, -0.1) is 11.3 Å². The van der Waals surface area contributed by atoms with Gasteiger partial charge >= 0.3 is 6.09 Å². The molecule has 1 aromatic heterocycles. The van der Waals surface area contributed by atoms with Crippen molar-refractivity contribution in [3.8, 4) is 0 Å². The van der Waals surface area contributed by atoms with Gasteiger partial charge < -0.3 is 19.1 Å². The number of ether oxygens (including phenoxy) is 3. The van der Waals surface area contributed by atoms with Crippen LogP contribution in [0.5, 0.6) is 0 Å². The van der Waals surface area contributed by atoms with Gasteiger partial charge in [0.2, 0.25) is 0 Å². The minimum absolute atomic E-state index is 0.0245. The summed E-state index contributed by atoms with van der Waals surface area (Å²) in [6.45, 7) is 8.81. The second-order valence-electron chi connectivity index (χ2n) is 7.84. The molecule has 1 saturated heterocycles. The zero-order valence-electron chi connectivity index (χ0n) is 15.4. The topological polar surface area (TPSA) is 48.0 Å². The van der Waals surface area contributed by atoms with Crippen LogP contribution in [0.2, 0.25) is 4.34 Å². The summed E-state index contributed by atoms with van der Waals surface area (Å²) in [6.07, 6.45) is 1.12. The van der Waals surface area contributed by atoms with Crippen LogP contribution in [0, 0.1) is 0 Å². The normalized spacial score (nSPS) is 29.6. The molecule has 1 aromatic rings. The lowest BCUT2D eigenvalue weighted by Gasteiger charge is -2.47. The summed E-state index contributed by atoms with van der Waals surface area (Å²) in [7, 11) is 1.69. The van der Waals surface area contributed by atoms with E-state index in [0.29, 0.717) is 13.2 Å². The first-order valence-corrected chi connectivity index (χ1v) is 9.81. The molecule has 0 N–H and O–H groups in total. The third kappa shape index (κ3) is 3.68. The Morgan fingerprint density at radius 2 is 2.20 bits per heavy atom. The lowest BCUT2D eigenvalue weighted by atomic mass is 9.81. The van der Waals surface area contributed by atoms with Gasteiger partial charge in [0.1, 0.15) is 17.3 Å². The zero-order chi connectivity index (χ0) is 18.4. The van der Waals surface area contributed by atoms with Gasteiger partial charge in [-0.25, -0.2) is 4.79 Å². The van der Waals surface area contributed by atoms with Crippen molar-refractivity contribution in [1.82, 2.24) is 4.90 Å². The van der Waals surface area contributed by atoms with Crippen LogP contribution < -0.4 is 0 Å². The molecule has 2 aliphatic heterocycles. The Morgan fingerprint density at radius 1 is 1.48 bits per heavy atom. The first-order chi connectivity index (χ1) is 11.6. The summed E-state index contributed by atoms with van der Waals surface area (Å²) in [5, 5.41) is 0. The maximum absolute atomic E-state index is 12.5. The number of hydrogen-bond acceptors (Lipinski definition) is 5. The molecule has 0 radical (unpaired) electrons. The van der Waals surface area contributed by atoms with Crippen molar-refractivity contribution in [1.29, 1.82) is 0 Å². The second kappa shape index (κ2) is 6.72. The van der Waals surface area contributed by atoms with Gasteiger partial charge in [-0.2, -0.15) is 0 Å². The smallest absolute Gasteiger partial charge is 0.410 e. The average molecular weight is 388 g/mol. The van der Waals surface area contributed by atoms with Crippen molar-refractivity contribution in [2.24, 2.45) is 0 Å². The standard InChI is InChI=1S/C18H26ClNO4S/c1-11-9-18(6-7-20(11)16(21)24-17(2,3)4)15-12(8-14(19)25-15)13(22-5)10-23-18/h8,11,13H,6-7,9-10H2,1-5H3/t11-,13?,18+/m0/s1. The Hall–Kier alpha value is -0.820. The van der Waals surface area contributed by atoms with E-state index in [1.807, 2.05) is 33.8 Å². The molecule has 3 atom stereocenters. The highest BCUT2D eigenvalue weighted by molar-refractivity contribution is 7.16. The Kier molecular flexibility index (Phi) is 5.10. The van der Waals surface area contributed by atoms with E-state index in [0.717, 1.165) is 27.6 Å². The first-order valence-electron chi connectivity index (χ1n) is 8.61. The Balaban J connectivity index is 1.81. The fourth-order valence-electron chi connectivity index (χ4n) is 3.69. The van der Waals surface area contributed by atoms with E-state index in [1.165, 1.54) is 0 Å². The molecule has 7 heteroatoms. The molecule has 0 aliphatic carbocycles. The van der Waals surface area contributed by atoms with Crippen molar-refractivity contribution in [3.63, 3.8) is 0 Å². The number of carbonyl (C=O) groups excluding carboxylic acids is 1. The van der Waals surface area contributed by atoms with Crippen molar-refractivity contribution >= 4 is 29.0 Å². The minimum atomic E-state index is -0.493. The van der Waals surface area contributed by atoms with E-state index in [2.05, 4.69) is 0 Å². The molecule has 0 saturated carbocycles. The minimum Gasteiger partial charge on any atom is -0.444 e. The van der Waals surface area contributed by atoms with Gasteiger partial charge in [0.15, 0.2) is 0 Å². The van der Waals surface area contributed by atoms with Gasteiger partial charge in [-0.3, -0.25) is 0 Å². The molecule has 1 fully saturated rings. The van der Waals surface area contributed by atoms with Crippen molar-refractivity contribution in [2.45, 2.75) is 63.9 Å². The monoisotopic (exact) mass is 387 g/mol. The number of thiophene rings is 1. The average Bonchev–Trinajstić information content (AvgIpc) is 2.89. The van der Waals surface area contributed by atoms with Crippen LogP contribution in [0.3, 0.4) is 0 Å². The molecule has 2 aliphatic rings. The summed E-state index contributed by atoms with van der Waals surface area (Å²) in [4.78, 5) is 15.4. The van der Waals surface area contributed by atoms with E-state index in [9.17, 15) is 4.79 Å². The Labute approximate surface area is 158 Å². The molecule has 3 heterocycles. The number of hydrogen-bond donors (Lipinski definition) is 0. The molecule has 1 amide bonds. The molecule has 3 rings (SSSR count). The van der Waals surface area contributed by atoms with Gasteiger partial charge in [0, 0.05) is 36.6 Å². The van der Waals surface area contributed by atoms with Gasteiger partial charge in [-0.1, -0.05) is 11.6 Å². The number of nitrogens with zero attached hydrogens (tertiary/aromatic N) is 1. The van der Waals surface area contributed by atoms with Gasteiger partial charge in [0.05, 0.1) is 10.9 Å². The van der Waals surface area contributed by atoms with Gasteiger partial charge in [0.25, 0.3) is 0 Å². The number of fused-ring (bicyclic) bond motifs is 2. The number of likely N-dealkylation sites (tertiary alicyclic amines) is 1. The highest BCUT2D eigenvalue weighted by atomic mass is 35.5. The molecule has 1 spiro atoms. The zero-order valence-corrected chi connectivity index (χ0v) is 17.0. The SMILES string of the molecule is COC1CO[C@@]2(CCN(C(=O)OC(C)(C)C)[C@@H](C)C2)c2sc(Cl)cc21. The molecule has 25 heavy (non-hydrogen) atoms. The lowest BCUT2D eigenvalue weighted by molar-refractivity contribution is -0.142. The predicted molar refractivity (Wildman–Crippen MR) is 98.3 cm³/mol. The molecule has 0 aromatic carbocycles. The molecular weight excluding hydrogens is 362 g/mol. The highest BCUT2D eigenvalue weighted by Gasteiger charge is 2.48. The number of rotatable bonds is 1. The number of piperidine rings is 1. The van der Waals surface area contributed by atoms with Gasteiger partial charge in [-0.05, 0) is 40.2 Å².